The summed E-state index contributed by atoms with van der Waals surface area (Å²) in [6.45, 7) is 9.42. The first kappa shape index (κ1) is 15.0. The number of piperidine rings is 1. The molecule has 0 aliphatic carbocycles. The van der Waals surface area contributed by atoms with E-state index in [2.05, 4.69) is 4.90 Å². The SMILES string of the molecule is CCOB(CCCCN1CCCCC1)OCC. The second-order valence-corrected chi connectivity index (χ2v) is 4.74. The first-order chi connectivity index (χ1) is 8.36. The van der Waals surface area contributed by atoms with E-state index in [1.54, 1.807) is 0 Å². The van der Waals surface area contributed by atoms with Gasteiger partial charge in [-0.05, 0) is 59.1 Å². The molecule has 0 aromatic rings. The Balaban J connectivity index is 2.00. The van der Waals surface area contributed by atoms with E-state index in [1.807, 2.05) is 13.8 Å². The Morgan fingerprint density at radius 3 is 2.18 bits per heavy atom. The van der Waals surface area contributed by atoms with Crippen molar-refractivity contribution in [3.63, 3.8) is 0 Å². The molecule has 0 saturated carbocycles. The highest BCUT2D eigenvalue weighted by Gasteiger charge is 2.16. The van der Waals surface area contributed by atoms with Gasteiger partial charge in [-0.25, -0.2) is 0 Å². The third-order valence-corrected chi connectivity index (χ3v) is 3.32. The minimum absolute atomic E-state index is 0.0198. The average molecular weight is 241 g/mol. The largest absolute Gasteiger partial charge is 0.456 e. The van der Waals surface area contributed by atoms with Crippen LogP contribution in [0.5, 0.6) is 0 Å². The van der Waals surface area contributed by atoms with E-state index >= 15 is 0 Å². The van der Waals surface area contributed by atoms with Crippen LogP contribution in [0.3, 0.4) is 0 Å². The Labute approximate surface area is 107 Å². The second-order valence-electron chi connectivity index (χ2n) is 4.74. The minimum Gasteiger partial charge on any atom is -0.411 e. The lowest BCUT2D eigenvalue weighted by molar-refractivity contribution is 0.208. The second kappa shape index (κ2) is 9.92. The number of rotatable bonds is 9. The standard InChI is InChI=1S/C13H28BNO2/c1-3-16-14(17-4-2)10-6-9-13-15-11-7-5-8-12-15/h3-13H2,1-2H3. The number of hydrogen-bond donors (Lipinski definition) is 0. The lowest BCUT2D eigenvalue weighted by Gasteiger charge is -2.26. The zero-order chi connectivity index (χ0) is 12.3. The fourth-order valence-corrected chi connectivity index (χ4v) is 2.42. The molecule has 0 radical (unpaired) electrons. The molecule has 0 aromatic carbocycles. The van der Waals surface area contributed by atoms with Crippen molar-refractivity contribution in [1.29, 1.82) is 0 Å². The molecule has 1 fully saturated rings. The number of nitrogens with zero attached hydrogens (tertiary/aromatic N) is 1. The molecule has 0 N–H and O–H groups in total. The van der Waals surface area contributed by atoms with E-state index in [4.69, 9.17) is 9.31 Å². The summed E-state index contributed by atoms with van der Waals surface area (Å²) < 4.78 is 11.1. The molecule has 1 aliphatic rings. The van der Waals surface area contributed by atoms with Crippen molar-refractivity contribution in [2.75, 3.05) is 32.8 Å². The fourth-order valence-electron chi connectivity index (χ4n) is 2.42. The zero-order valence-electron chi connectivity index (χ0n) is 11.6. The zero-order valence-corrected chi connectivity index (χ0v) is 11.6. The minimum atomic E-state index is 0.0198. The molecular formula is C13H28BNO2. The average Bonchev–Trinajstić information content (AvgIpc) is 2.36. The third kappa shape index (κ3) is 7.07. The van der Waals surface area contributed by atoms with Gasteiger partial charge >= 0.3 is 7.12 Å². The summed E-state index contributed by atoms with van der Waals surface area (Å²) in [6.07, 6.45) is 7.72. The van der Waals surface area contributed by atoms with Gasteiger partial charge in [0, 0.05) is 13.2 Å². The Bertz CT molecular complexity index is 169. The quantitative estimate of drug-likeness (QED) is 0.457. The van der Waals surface area contributed by atoms with Crippen LogP contribution in [-0.2, 0) is 9.31 Å². The molecule has 0 amide bonds. The van der Waals surface area contributed by atoms with Crippen LogP contribution in [0, 0.1) is 0 Å². The molecule has 1 rings (SSSR count). The Morgan fingerprint density at radius 1 is 0.941 bits per heavy atom. The van der Waals surface area contributed by atoms with E-state index in [1.165, 1.54) is 51.7 Å². The third-order valence-electron chi connectivity index (χ3n) is 3.32. The van der Waals surface area contributed by atoms with Gasteiger partial charge < -0.3 is 14.2 Å². The van der Waals surface area contributed by atoms with Gasteiger partial charge in [-0.15, -0.1) is 0 Å². The summed E-state index contributed by atoms with van der Waals surface area (Å²) in [6, 6.07) is 0. The molecule has 4 heteroatoms. The summed E-state index contributed by atoms with van der Waals surface area (Å²) in [5.41, 5.74) is 0. The monoisotopic (exact) mass is 241 g/mol. The maximum absolute atomic E-state index is 5.54. The van der Waals surface area contributed by atoms with Crippen molar-refractivity contribution in [3.05, 3.63) is 0 Å². The topological polar surface area (TPSA) is 21.7 Å². The summed E-state index contributed by atoms with van der Waals surface area (Å²) in [5.74, 6) is 0. The molecule has 3 nitrogen and oxygen atoms in total. The summed E-state index contributed by atoms with van der Waals surface area (Å²) in [4.78, 5) is 2.60. The normalized spacial score (nSPS) is 17.3. The Hall–Kier alpha value is -0.0551. The number of likely N-dealkylation sites (tertiary alicyclic amines) is 1. The molecule has 0 aromatic heterocycles. The molecule has 0 bridgehead atoms. The van der Waals surface area contributed by atoms with E-state index < -0.39 is 0 Å². The lowest BCUT2D eigenvalue weighted by Crippen LogP contribution is -2.30. The maximum atomic E-state index is 5.54. The van der Waals surface area contributed by atoms with Crippen LogP contribution in [0.1, 0.15) is 46.0 Å². The van der Waals surface area contributed by atoms with E-state index in [-0.39, 0.29) is 7.12 Å². The Morgan fingerprint density at radius 2 is 1.59 bits per heavy atom. The highest BCUT2D eigenvalue weighted by molar-refractivity contribution is 6.44. The van der Waals surface area contributed by atoms with Crippen LogP contribution in [0.25, 0.3) is 0 Å². The molecule has 0 unspecified atom stereocenters. The van der Waals surface area contributed by atoms with Gasteiger partial charge in [0.2, 0.25) is 0 Å². The van der Waals surface area contributed by atoms with Gasteiger partial charge in [0.15, 0.2) is 0 Å². The maximum Gasteiger partial charge on any atom is 0.456 e. The highest BCUT2D eigenvalue weighted by atomic mass is 16.6. The van der Waals surface area contributed by atoms with Gasteiger partial charge in [-0.2, -0.15) is 0 Å². The summed E-state index contributed by atoms with van der Waals surface area (Å²) in [7, 11) is 0.0198. The number of hydrogen-bond acceptors (Lipinski definition) is 3. The summed E-state index contributed by atoms with van der Waals surface area (Å²) in [5, 5.41) is 0. The van der Waals surface area contributed by atoms with Gasteiger partial charge in [0.1, 0.15) is 0 Å². The fraction of sp³-hybridized carbons (Fsp3) is 1.00. The molecule has 100 valence electrons. The van der Waals surface area contributed by atoms with Crippen LogP contribution in [-0.4, -0.2) is 44.9 Å². The number of unbranched alkanes of at least 4 members (excludes halogenated alkanes) is 1. The molecule has 1 aliphatic heterocycles. The van der Waals surface area contributed by atoms with Crippen LogP contribution >= 0.6 is 0 Å². The van der Waals surface area contributed by atoms with Gasteiger partial charge in [-0.3, -0.25) is 0 Å². The highest BCUT2D eigenvalue weighted by Crippen LogP contribution is 2.11. The van der Waals surface area contributed by atoms with E-state index in [9.17, 15) is 0 Å². The molecular weight excluding hydrogens is 213 g/mol. The molecule has 1 saturated heterocycles. The predicted octanol–water partition coefficient (Wildman–Crippen LogP) is 2.81. The first-order valence-corrected chi connectivity index (χ1v) is 7.32. The predicted molar refractivity (Wildman–Crippen MR) is 73.3 cm³/mol. The van der Waals surface area contributed by atoms with Crippen molar-refractivity contribution in [3.8, 4) is 0 Å². The van der Waals surface area contributed by atoms with Crippen molar-refractivity contribution in [1.82, 2.24) is 4.90 Å². The van der Waals surface area contributed by atoms with Gasteiger partial charge in [0.25, 0.3) is 0 Å². The van der Waals surface area contributed by atoms with Crippen LogP contribution in [0.2, 0.25) is 6.32 Å². The molecule has 0 atom stereocenters. The smallest absolute Gasteiger partial charge is 0.411 e. The van der Waals surface area contributed by atoms with Crippen LogP contribution in [0.4, 0.5) is 0 Å². The van der Waals surface area contributed by atoms with Crippen LogP contribution in [0.15, 0.2) is 0 Å². The summed E-state index contributed by atoms with van der Waals surface area (Å²) >= 11 is 0. The Kier molecular flexibility index (Phi) is 8.76. The van der Waals surface area contributed by atoms with Crippen molar-refractivity contribution in [2.45, 2.75) is 52.3 Å². The lowest BCUT2D eigenvalue weighted by atomic mass is 9.82. The van der Waals surface area contributed by atoms with Crippen molar-refractivity contribution < 1.29 is 9.31 Å². The van der Waals surface area contributed by atoms with Crippen LogP contribution < -0.4 is 0 Å². The molecule has 17 heavy (non-hydrogen) atoms. The first-order valence-electron chi connectivity index (χ1n) is 7.32. The van der Waals surface area contributed by atoms with Gasteiger partial charge in [0.05, 0.1) is 0 Å². The van der Waals surface area contributed by atoms with Crippen molar-refractivity contribution >= 4 is 7.12 Å². The van der Waals surface area contributed by atoms with Crippen molar-refractivity contribution in [2.24, 2.45) is 0 Å². The van der Waals surface area contributed by atoms with Gasteiger partial charge in [-0.1, -0.05) is 12.8 Å². The molecule has 0 spiro atoms. The molecule has 1 heterocycles. The van der Waals surface area contributed by atoms with E-state index in [0.29, 0.717) is 0 Å². The van der Waals surface area contributed by atoms with E-state index in [0.717, 1.165) is 19.5 Å².